The molecule has 1 N–H and O–H groups in total. The van der Waals surface area contributed by atoms with Crippen molar-refractivity contribution < 1.29 is 14.6 Å². The van der Waals surface area contributed by atoms with Crippen molar-refractivity contribution in [2.75, 3.05) is 6.61 Å². The van der Waals surface area contributed by atoms with Gasteiger partial charge in [0, 0.05) is 0 Å². The van der Waals surface area contributed by atoms with Crippen LogP contribution in [0.2, 0.25) is 0 Å². The Labute approximate surface area is 150 Å². The third-order valence-electron chi connectivity index (χ3n) is 4.43. The zero-order valence-electron chi connectivity index (χ0n) is 15.2. The molecule has 0 bridgehead atoms. The Kier molecular flexibility index (Phi) is 7.52. The second kappa shape index (κ2) is 9.87. The third-order valence-corrected chi connectivity index (χ3v) is 4.43. The Bertz CT molecular complexity index is 661. The van der Waals surface area contributed by atoms with Gasteiger partial charge in [0.1, 0.15) is 5.75 Å². The molecule has 2 aromatic carbocycles. The minimum atomic E-state index is -0.804. The molecule has 0 fully saturated rings. The van der Waals surface area contributed by atoms with Crippen molar-refractivity contribution in [3.63, 3.8) is 0 Å². The summed E-state index contributed by atoms with van der Waals surface area (Å²) in [6.45, 7) is 4.87. The molecule has 3 heteroatoms. The lowest BCUT2D eigenvalue weighted by Gasteiger charge is -2.16. The zero-order chi connectivity index (χ0) is 18.1. The fourth-order valence-electron chi connectivity index (χ4n) is 2.89. The summed E-state index contributed by atoms with van der Waals surface area (Å²) in [5.41, 5.74) is 2.91. The van der Waals surface area contributed by atoms with Crippen LogP contribution in [0.3, 0.4) is 0 Å². The monoisotopic (exact) mass is 340 g/mol. The van der Waals surface area contributed by atoms with Crippen LogP contribution in [-0.4, -0.2) is 17.7 Å². The number of carbonyl (C=O) groups is 1. The molecule has 0 aliphatic heterocycles. The van der Waals surface area contributed by atoms with Gasteiger partial charge in [0.15, 0.2) is 0 Å². The molecule has 0 aliphatic carbocycles. The van der Waals surface area contributed by atoms with Crippen LogP contribution in [0.5, 0.6) is 5.75 Å². The number of aliphatic carboxylic acids is 1. The van der Waals surface area contributed by atoms with Crippen LogP contribution in [0.15, 0.2) is 48.5 Å². The molecule has 0 aromatic heterocycles. The molecule has 0 spiro atoms. The topological polar surface area (TPSA) is 46.5 Å². The van der Waals surface area contributed by atoms with Crippen LogP contribution in [0, 0.1) is 6.92 Å². The van der Waals surface area contributed by atoms with Crippen LogP contribution in [0.4, 0.5) is 0 Å². The van der Waals surface area contributed by atoms with Gasteiger partial charge in [0.05, 0.1) is 12.5 Å². The number of benzene rings is 2. The highest BCUT2D eigenvalue weighted by atomic mass is 16.5. The molecule has 2 aromatic rings. The van der Waals surface area contributed by atoms with E-state index in [2.05, 4.69) is 6.92 Å². The molecule has 2 rings (SSSR count). The molecule has 25 heavy (non-hydrogen) atoms. The summed E-state index contributed by atoms with van der Waals surface area (Å²) in [5.74, 6) is -0.565. The highest BCUT2D eigenvalue weighted by Gasteiger charge is 2.21. The predicted molar refractivity (Wildman–Crippen MR) is 101 cm³/mol. The van der Waals surface area contributed by atoms with Crippen molar-refractivity contribution in [3.8, 4) is 5.75 Å². The number of ether oxygens (including phenoxy) is 1. The van der Waals surface area contributed by atoms with E-state index in [1.807, 2.05) is 55.5 Å². The Morgan fingerprint density at radius 3 is 2.44 bits per heavy atom. The van der Waals surface area contributed by atoms with Gasteiger partial charge in [-0.05, 0) is 37.0 Å². The zero-order valence-corrected chi connectivity index (χ0v) is 15.2. The van der Waals surface area contributed by atoms with E-state index in [4.69, 9.17) is 4.74 Å². The van der Waals surface area contributed by atoms with E-state index in [1.54, 1.807) is 0 Å². The maximum atomic E-state index is 11.8. The lowest BCUT2D eigenvalue weighted by molar-refractivity contribution is -0.138. The minimum Gasteiger partial charge on any atom is -0.493 e. The number of unbranched alkanes of at least 4 members (excludes halogenated alkanes) is 3. The normalized spacial score (nSPS) is 11.9. The number of hydrogen-bond acceptors (Lipinski definition) is 2. The van der Waals surface area contributed by atoms with Crippen molar-refractivity contribution >= 4 is 5.97 Å². The molecular weight excluding hydrogens is 312 g/mol. The smallest absolute Gasteiger partial charge is 0.311 e. The van der Waals surface area contributed by atoms with Crippen molar-refractivity contribution in [1.82, 2.24) is 0 Å². The van der Waals surface area contributed by atoms with Crippen molar-refractivity contribution in [3.05, 3.63) is 65.2 Å². The number of aryl methyl sites for hydroxylation is 1. The van der Waals surface area contributed by atoms with Gasteiger partial charge in [-0.3, -0.25) is 4.79 Å². The summed E-state index contributed by atoms with van der Waals surface area (Å²) in [7, 11) is 0. The molecular formula is C22H28O3. The molecule has 134 valence electrons. The van der Waals surface area contributed by atoms with Gasteiger partial charge in [-0.1, -0.05) is 74.2 Å². The van der Waals surface area contributed by atoms with Crippen molar-refractivity contribution in [2.45, 2.75) is 51.9 Å². The highest BCUT2D eigenvalue weighted by molar-refractivity contribution is 5.76. The first-order valence-corrected chi connectivity index (χ1v) is 9.12. The minimum absolute atomic E-state index is 0.434. The SMILES string of the molecule is CCCCCCOc1ccccc1CC(C(=O)O)c1ccc(C)cc1. The van der Waals surface area contributed by atoms with E-state index >= 15 is 0 Å². The first-order chi connectivity index (χ1) is 12.1. The van der Waals surface area contributed by atoms with Gasteiger partial charge in [-0.25, -0.2) is 0 Å². The summed E-state index contributed by atoms with van der Waals surface area (Å²) >= 11 is 0. The summed E-state index contributed by atoms with van der Waals surface area (Å²) in [6, 6.07) is 15.5. The van der Waals surface area contributed by atoms with Crippen LogP contribution in [0.25, 0.3) is 0 Å². The number of carboxylic acids is 1. The van der Waals surface area contributed by atoms with Gasteiger partial charge < -0.3 is 9.84 Å². The fourth-order valence-corrected chi connectivity index (χ4v) is 2.89. The second-order valence-corrected chi connectivity index (χ2v) is 6.52. The maximum Gasteiger partial charge on any atom is 0.311 e. The second-order valence-electron chi connectivity index (χ2n) is 6.52. The molecule has 0 aliphatic rings. The summed E-state index contributed by atoms with van der Waals surface area (Å²) in [4.78, 5) is 11.8. The van der Waals surface area contributed by atoms with Crippen LogP contribution in [0.1, 0.15) is 55.2 Å². The molecule has 0 saturated heterocycles. The van der Waals surface area contributed by atoms with E-state index in [0.717, 1.165) is 28.9 Å². The van der Waals surface area contributed by atoms with E-state index < -0.39 is 11.9 Å². The Balaban J connectivity index is 2.08. The standard InChI is InChI=1S/C22H28O3/c1-3-4-5-8-15-25-21-10-7-6-9-19(21)16-20(22(23)24)18-13-11-17(2)12-14-18/h6-7,9-14,20H,3-5,8,15-16H2,1-2H3,(H,23,24). The number of hydrogen-bond donors (Lipinski definition) is 1. The highest BCUT2D eigenvalue weighted by Crippen LogP contribution is 2.27. The van der Waals surface area contributed by atoms with Crippen LogP contribution in [-0.2, 0) is 11.2 Å². The first kappa shape index (κ1) is 19.0. The van der Waals surface area contributed by atoms with E-state index in [0.29, 0.717) is 13.0 Å². The third kappa shape index (κ3) is 5.93. The summed E-state index contributed by atoms with van der Waals surface area (Å²) in [5, 5.41) is 9.68. The van der Waals surface area contributed by atoms with E-state index in [1.165, 1.54) is 19.3 Å². The Hall–Kier alpha value is -2.29. The average molecular weight is 340 g/mol. The van der Waals surface area contributed by atoms with Crippen LogP contribution >= 0.6 is 0 Å². The van der Waals surface area contributed by atoms with Crippen molar-refractivity contribution in [2.24, 2.45) is 0 Å². The molecule has 3 nitrogen and oxygen atoms in total. The van der Waals surface area contributed by atoms with Gasteiger partial charge in [0.25, 0.3) is 0 Å². The van der Waals surface area contributed by atoms with Gasteiger partial charge in [-0.15, -0.1) is 0 Å². The molecule has 0 amide bonds. The van der Waals surface area contributed by atoms with Crippen molar-refractivity contribution in [1.29, 1.82) is 0 Å². The van der Waals surface area contributed by atoms with Gasteiger partial charge in [-0.2, -0.15) is 0 Å². The molecule has 0 saturated carbocycles. The fraction of sp³-hybridized carbons (Fsp3) is 0.409. The largest absolute Gasteiger partial charge is 0.493 e. The molecule has 0 heterocycles. The summed E-state index contributed by atoms with van der Waals surface area (Å²) in [6.07, 6.45) is 5.05. The number of rotatable bonds is 10. The quantitative estimate of drug-likeness (QED) is 0.592. The summed E-state index contributed by atoms with van der Waals surface area (Å²) < 4.78 is 5.93. The maximum absolute atomic E-state index is 11.8. The van der Waals surface area contributed by atoms with Gasteiger partial charge >= 0.3 is 5.97 Å². The Morgan fingerprint density at radius 1 is 1.04 bits per heavy atom. The number of para-hydroxylation sites is 1. The number of carboxylic acid groups (broad SMARTS) is 1. The molecule has 1 atom stereocenters. The van der Waals surface area contributed by atoms with Gasteiger partial charge in [0.2, 0.25) is 0 Å². The first-order valence-electron chi connectivity index (χ1n) is 9.12. The van der Waals surface area contributed by atoms with Crippen LogP contribution < -0.4 is 4.74 Å². The molecule has 1 unspecified atom stereocenters. The van der Waals surface area contributed by atoms with E-state index in [-0.39, 0.29) is 0 Å². The Morgan fingerprint density at radius 2 is 1.76 bits per heavy atom. The molecule has 0 radical (unpaired) electrons. The predicted octanol–water partition coefficient (Wildman–Crippen LogP) is 5.37. The van der Waals surface area contributed by atoms with E-state index in [9.17, 15) is 9.90 Å². The lowest BCUT2D eigenvalue weighted by Crippen LogP contribution is -2.15. The lowest BCUT2D eigenvalue weighted by atomic mass is 9.91. The average Bonchev–Trinajstić information content (AvgIpc) is 2.61.